The van der Waals surface area contributed by atoms with Gasteiger partial charge in [-0.25, -0.2) is 4.98 Å². The van der Waals surface area contributed by atoms with Crippen molar-refractivity contribution >= 4 is 11.7 Å². The van der Waals surface area contributed by atoms with Gasteiger partial charge in [-0.15, -0.1) is 0 Å². The van der Waals surface area contributed by atoms with E-state index < -0.39 is 0 Å². The number of rotatable bonds is 7. The molecule has 0 spiro atoms. The molecule has 0 aromatic carbocycles. The monoisotopic (exact) mass is 261 g/mol. The van der Waals surface area contributed by atoms with E-state index in [1.54, 1.807) is 6.20 Å². The Kier molecular flexibility index (Phi) is 4.40. The van der Waals surface area contributed by atoms with Gasteiger partial charge in [0.2, 0.25) is 0 Å². The van der Waals surface area contributed by atoms with Gasteiger partial charge in [-0.3, -0.25) is 4.79 Å². The molecule has 0 atom stereocenters. The summed E-state index contributed by atoms with van der Waals surface area (Å²) in [6.45, 7) is 5.99. The van der Waals surface area contributed by atoms with Crippen LogP contribution >= 0.6 is 0 Å². The highest BCUT2D eigenvalue weighted by atomic mass is 16.1. The second kappa shape index (κ2) is 6.04. The fourth-order valence-corrected chi connectivity index (χ4v) is 2.09. The minimum absolute atomic E-state index is 0.0192. The molecule has 1 aliphatic rings. The maximum Gasteiger partial charge on any atom is 0.252 e. The molecule has 19 heavy (non-hydrogen) atoms. The number of carbonyl (C=O) groups is 1. The van der Waals surface area contributed by atoms with Crippen molar-refractivity contribution in [2.45, 2.75) is 39.5 Å². The number of hydrogen-bond donors (Lipinski definition) is 2. The van der Waals surface area contributed by atoms with Crippen LogP contribution in [0.4, 0.5) is 5.82 Å². The van der Waals surface area contributed by atoms with Gasteiger partial charge in [0.25, 0.3) is 5.91 Å². The number of pyridine rings is 1. The first-order valence-corrected chi connectivity index (χ1v) is 7.17. The van der Waals surface area contributed by atoms with E-state index in [0.717, 1.165) is 31.7 Å². The van der Waals surface area contributed by atoms with Crippen molar-refractivity contribution in [1.82, 2.24) is 10.3 Å². The molecular formula is C15H23N3O. The van der Waals surface area contributed by atoms with Crippen LogP contribution in [-0.4, -0.2) is 24.0 Å². The summed E-state index contributed by atoms with van der Waals surface area (Å²) >= 11 is 0. The molecule has 0 unspecified atom stereocenters. The number of amides is 1. The van der Waals surface area contributed by atoms with Gasteiger partial charge in [-0.1, -0.05) is 13.8 Å². The summed E-state index contributed by atoms with van der Waals surface area (Å²) in [4.78, 5) is 16.2. The quantitative estimate of drug-likeness (QED) is 0.793. The molecule has 2 rings (SSSR count). The van der Waals surface area contributed by atoms with Gasteiger partial charge in [0.05, 0.1) is 5.56 Å². The van der Waals surface area contributed by atoms with Gasteiger partial charge in [-0.2, -0.15) is 0 Å². The van der Waals surface area contributed by atoms with E-state index in [1.807, 2.05) is 12.1 Å². The Morgan fingerprint density at radius 2 is 2.16 bits per heavy atom. The fourth-order valence-electron chi connectivity index (χ4n) is 2.09. The molecule has 1 heterocycles. The molecule has 0 radical (unpaired) electrons. The third-order valence-electron chi connectivity index (χ3n) is 3.91. The lowest BCUT2D eigenvalue weighted by Crippen LogP contribution is -2.30. The predicted molar refractivity (Wildman–Crippen MR) is 77.3 cm³/mol. The first-order valence-electron chi connectivity index (χ1n) is 7.17. The summed E-state index contributed by atoms with van der Waals surface area (Å²) in [6.07, 6.45) is 6.32. The molecule has 1 amide bonds. The van der Waals surface area contributed by atoms with Crippen molar-refractivity contribution in [3.05, 3.63) is 23.9 Å². The van der Waals surface area contributed by atoms with Crippen LogP contribution in [0.5, 0.6) is 0 Å². The first-order chi connectivity index (χ1) is 9.19. The van der Waals surface area contributed by atoms with E-state index in [-0.39, 0.29) is 5.91 Å². The topological polar surface area (TPSA) is 54.0 Å². The lowest BCUT2D eigenvalue weighted by atomic mass is 10.0. The maximum absolute atomic E-state index is 12.0. The van der Waals surface area contributed by atoms with E-state index in [9.17, 15) is 4.79 Å². The van der Waals surface area contributed by atoms with Crippen LogP contribution in [0.2, 0.25) is 0 Å². The van der Waals surface area contributed by atoms with Gasteiger partial charge >= 0.3 is 0 Å². The average Bonchev–Trinajstić information content (AvgIpc) is 3.24. The number of nitrogens with one attached hydrogen (secondary N) is 2. The molecule has 1 fully saturated rings. The Labute approximate surface area is 115 Å². The van der Waals surface area contributed by atoms with Crippen molar-refractivity contribution in [3.8, 4) is 0 Å². The molecule has 1 aromatic rings. The fraction of sp³-hybridized carbons (Fsp3) is 0.600. The highest BCUT2D eigenvalue weighted by molar-refractivity contribution is 5.94. The number of hydrogen-bond acceptors (Lipinski definition) is 3. The largest absolute Gasteiger partial charge is 0.370 e. The van der Waals surface area contributed by atoms with Crippen LogP contribution in [0.15, 0.2) is 18.3 Å². The molecule has 2 N–H and O–H groups in total. The van der Waals surface area contributed by atoms with Gasteiger partial charge in [0.15, 0.2) is 0 Å². The second-order valence-electron chi connectivity index (χ2n) is 5.40. The van der Waals surface area contributed by atoms with Crippen molar-refractivity contribution in [3.63, 3.8) is 0 Å². The summed E-state index contributed by atoms with van der Waals surface area (Å²) in [7, 11) is 0. The number of aromatic nitrogens is 1. The highest BCUT2D eigenvalue weighted by Gasteiger charge is 2.40. The van der Waals surface area contributed by atoms with Crippen molar-refractivity contribution < 1.29 is 4.79 Å². The third-order valence-corrected chi connectivity index (χ3v) is 3.91. The van der Waals surface area contributed by atoms with Crippen LogP contribution < -0.4 is 10.6 Å². The Hall–Kier alpha value is -1.58. The van der Waals surface area contributed by atoms with E-state index in [1.165, 1.54) is 12.8 Å². The Morgan fingerprint density at radius 3 is 2.68 bits per heavy atom. The highest BCUT2D eigenvalue weighted by Crippen LogP contribution is 2.47. The summed E-state index contributed by atoms with van der Waals surface area (Å²) in [5, 5.41) is 6.21. The number of anilines is 1. The lowest BCUT2D eigenvalue weighted by molar-refractivity contribution is 0.0944. The molecule has 1 aliphatic carbocycles. The molecule has 0 bridgehead atoms. The minimum atomic E-state index is -0.0192. The molecule has 1 saturated carbocycles. The first kappa shape index (κ1) is 13.8. The number of carbonyl (C=O) groups excluding carboxylic acids is 1. The summed E-state index contributed by atoms with van der Waals surface area (Å²) < 4.78 is 0. The molecule has 0 aliphatic heterocycles. The van der Waals surface area contributed by atoms with E-state index >= 15 is 0 Å². The summed E-state index contributed by atoms with van der Waals surface area (Å²) in [5.41, 5.74) is 1.01. The molecular weight excluding hydrogens is 238 g/mol. The van der Waals surface area contributed by atoms with Crippen molar-refractivity contribution in [2.24, 2.45) is 5.41 Å². The zero-order chi connectivity index (χ0) is 13.7. The zero-order valence-electron chi connectivity index (χ0n) is 11.8. The molecule has 4 nitrogen and oxygen atoms in total. The Morgan fingerprint density at radius 1 is 1.37 bits per heavy atom. The third kappa shape index (κ3) is 3.69. The van der Waals surface area contributed by atoms with Crippen LogP contribution in [0.3, 0.4) is 0 Å². The zero-order valence-corrected chi connectivity index (χ0v) is 11.8. The number of nitrogens with zero attached hydrogens (tertiary/aromatic N) is 1. The van der Waals surface area contributed by atoms with Crippen LogP contribution in [0.25, 0.3) is 0 Å². The van der Waals surface area contributed by atoms with Crippen molar-refractivity contribution in [1.29, 1.82) is 0 Å². The molecule has 4 heteroatoms. The van der Waals surface area contributed by atoms with Gasteiger partial charge in [0.1, 0.15) is 5.82 Å². The predicted octanol–water partition coefficient (Wildman–Crippen LogP) is 2.82. The van der Waals surface area contributed by atoms with E-state index in [2.05, 4.69) is 29.5 Å². The standard InChI is InChI=1S/C15H23N3O/c1-3-9-16-13-6-5-12(10-17-13)14(19)18-11-15(4-2)7-8-15/h5-6,10H,3-4,7-9,11H2,1-2H3,(H,16,17)(H,18,19). The molecule has 104 valence electrons. The SMILES string of the molecule is CCCNc1ccc(C(=O)NCC2(CC)CC2)cn1. The van der Waals surface area contributed by atoms with E-state index in [0.29, 0.717) is 11.0 Å². The minimum Gasteiger partial charge on any atom is -0.370 e. The smallest absolute Gasteiger partial charge is 0.252 e. The van der Waals surface area contributed by atoms with Gasteiger partial charge in [0, 0.05) is 19.3 Å². The average molecular weight is 261 g/mol. The van der Waals surface area contributed by atoms with Crippen LogP contribution in [0, 0.1) is 5.41 Å². The van der Waals surface area contributed by atoms with Gasteiger partial charge in [-0.05, 0) is 43.2 Å². The summed E-state index contributed by atoms with van der Waals surface area (Å²) in [5.74, 6) is 0.805. The lowest BCUT2D eigenvalue weighted by Gasteiger charge is -2.13. The van der Waals surface area contributed by atoms with Gasteiger partial charge < -0.3 is 10.6 Å². The van der Waals surface area contributed by atoms with Crippen LogP contribution in [-0.2, 0) is 0 Å². The normalized spacial score (nSPS) is 15.9. The Bertz CT molecular complexity index is 424. The summed E-state index contributed by atoms with van der Waals surface area (Å²) in [6, 6.07) is 3.68. The molecule has 0 saturated heterocycles. The van der Waals surface area contributed by atoms with Crippen molar-refractivity contribution in [2.75, 3.05) is 18.4 Å². The maximum atomic E-state index is 12.0. The Balaban J connectivity index is 1.85. The molecule has 1 aromatic heterocycles. The van der Waals surface area contributed by atoms with Crippen LogP contribution in [0.1, 0.15) is 49.9 Å². The second-order valence-corrected chi connectivity index (χ2v) is 5.40. The van der Waals surface area contributed by atoms with E-state index in [4.69, 9.17) is 0 Å².